The summed E-state index contributed by atoms with van der Waals surface area (Å²) in [5.74, 6) is -0.253. The van der Waals surface area contributed by atoms with Crippen LogP contribution < -0.4 is 0 Å². The van der Waals surface area contributed by atoms with Gasteiger partial charge in [0.05, 0.1) is 5.71 Å². The number of halogens is 1. The molecule has 0 aliphatic carbocycles. The largest absolute Gasteiger partial charge is 0.411 e. The van der Waals surface area contributed by atoms with Gasteiger partial charge in [-0.05, 0) is 36.6 Å². The van der Waals surface area contributed by atoms with Gasteiger partial charge in [0.25, 0.3) is 0 Å². The van der Waals surface area contributed by atoms with Crippen LogP contribution in [0.25, 0.3) is 6.08 Å². The van der Waals surface area contributed by atoms with E-state index in [9.17, 15) is 4.39 Å². The van der Waals surface area contributed by atoms with Gasteiger partial charge in [-0.25, -0.2) is 4.39 Å². The number of benzene rings is 1. The van der Waals surface area contributed by atoms with Crippen molar-refractivity contribution in [3.63, 3.8) is 0 Å². The van der Waals surface area contributed by atoms with Crippen LogP contribution in [0.4, 0.5) is 4.39 Å². The Bertz CT molecular complexity index is 379. The number of hydrogen-bond acceptors (Lipinski definition) is 2. The Kier molecular flexibility index (Phi) is 4.03. The van der Waals surface area contributed by atoms with Crippen LogP contribution in [0.1, 0.15) is 25.8 Å². The van der Waals surface area contributed by atoms with Crippen LogP contribution in [0.15, 0.2) is 35.0 Å². The zero-order chi connectivity index (χ0) is 11.3. The Morgan fingerprint density at radius 3 is 2.47 bits per heavy atom. The average molecular weight is 207 g/mol. The van der Waals surface area contributed by atoms with Crippen molar-refractivity contribution in [3.05, 3.63) is 41.2 Å². The fourth-order valence-electron chi connectivity index (χ4n) is 1.32. The lowest BCUT2D eigenvalue weighted by atomic mass is 10.1. The van der Waals surface area contributed by atoms with E-state index in [-0.39, 0.29) is 5.82 Å². The minimum absolute atomic E-state index is 0.253. The van der Waals surface area contributed by atoms with E-state index in [0.29, 0.717) is 12.1 Å². The first-order chi connectivity index (χ1) is 7.17. The molecule has 0 heterocycles. The van der Waals surface area contributed by atoms with Crippen LogP contribution in [-0.4, -0.2) is 10.9 Å². The van der Waals surface area contributed by atoms with E-state index in [1.807, 2.05) is 19.9 Å². The number of rotatable bonds is 3. The summed E-state index contributed by atoms with van der Waals surface area (Å²) in [6.45, 7) is 3.78. The van der Waals surface area contributed by atoms with Crippen molar-refractivity contribution >= 4 is 11.8 Å². The fraction of sp³-hybridized carbons (Fsp3) is 0.250. The van der Waals surface area contributed by atoms with Gasteiger partial charge in [-0.2, -0.15) is 0 Å². The molecule has 1 aromatic carbocycles. The molecule has 0 saturated carbocycles. The van der Waals surface area contributed by atoms with E-state index in [2.05, 4.69) is 5.16 Å². The third kappa shape index (κ3) is 3.20. The molecule has 15 heavy (non-hydrogen) atoms. The zero-order valence-electron chi connectivity index (χ0n) is 8.87. The van der Waals surface area contributed by atoms with Crippen molar-refractivity contribution < 1.29 is 9.60 Å². The average Bonchev–Trinajstić information content (AvgIpc) is 2.23. The van der Waals surface area contributed by atoms with Crippen molar-refractivity contribution in [2.45, 2.75) is 20.3 Å². The Morgan fingerprint density at radius 1 is 1.40 bits per heavy atom. The molecule has 0 atom stereocenters. The van der Waals surface area contributed by atoms with Crippen molar-refractivity contribution in [1.82, 2.24) is 0 Å². The Hall–Kier alpha value is -1.64. The van der Waals surface area contributed by atoms with Crippen molar-refractivity contribution in [2.24, 2.45) is 5.16 Å². The van der Waals surface area contributed by atoms with Gasteiger partial charge < -0.3 is 5.21 Å². The second kappa shape index (κ2) is 5.29. The third-order valence-corrected chi connectivity index (χ3v) is 2.16. The van der Waals surface area contributed by atoms with Crippen molar-refractivity contribution in [1.29, 1.82) is 0 Å². The molecule has 0 aromatic heterocycles. The summed E-state index contributed by atoms with van der Waals surface area (Å²) in [5, 5.41) is 11.9. The Balaban J connectivity index is 2.92. The number of hydrogen-bond donors (Lipinski definition) is 1. The Morgan fingerprint density at radius 2 is 2.00 bits per heavy atom. The van der Waals surface area contributed by atoms with Crippen molar-refractivity contribution in [3.8, 4) is 0 Å². The first kappa shape index (κ1) is 11.4. The van der Waals surface area contributed by atoms with E-state index in [1.54, 1.807) is 12.1 Å². The summed E-state index contributed by atoms with van der Waals surface area (Å²) in [7, 11) is 0. The molecule has 0 fully saturated rings. The fourth-order valence-corrected chi connectivity index (χ4v) is 1.32. The molecule has 0 aliphatic heterocycles. The lowest BCUT2D eigenvalue weighted by molar-refractivity contribution is 0.318. The van der Waals surface area contributed by atoms with Crippen LogP contribution in [0.3, 0.4) is 0 Å². The summed E-state index contributed by atoms with van der Waals surface area (Å²) in [5.41, 5.74) is 2.41. The maximum Gasteiger partial charge on any atom is 0.123 e. The zero-order valence-corrected chi connectivity index (χ0v) is 8.87. The molecule has 0 unspecified atom stereocenters. The number of nitrogens with zero attached hydrogens (tertiary/aromatic N) is 1. The summed E-state index contributed by atoms with van der Waals surface area (Å²) < 4.78 is 12.6. The van der Waals surface area contributed by atoms with E-state index >= 15 is 0 Å². The van der Waals surface area contributed by atoms with Gasteiger partial charge in [-0.15, -0.1) is 0 Å². The van der Waals surface area contributed by atoms with Gasteiger partial charge in [0.15, 0.2) is 0 Å². The van der Waals surface area contributed by atoms with Crippen LogP contribution in [0.5, 0.6) is 0 Å². The van der Waals surface area contributed by atoms with Gasteiger partial charge >= 0.3 is 0 Å². The van der Waals surface area contributed by atoms with Gasteiger partial charge in [0.1, 0.15) is 5.82 Å². The van der Waals surface area contributed by atoms with E-state index in [4.69, 9.17) is 5.21 Å². The molecule has 0 saturated heterocycles. The normalized spacial score (nSPS) is 13.0. The van der Waals surface area contributed by atoms with Gasteiger partial charge in [0, 0.05) is 0 Å². The maximum absolute atomic E-state index is 12.6. The summed E-state index contributed by atoms with van der Waals surface area (Å²) in [6.07, 6.45) is 2.53. The molecular formula is C12H14FNO. The first-order valence-electron chi connectivity index (χ1n) is 4.82. The highest BCUT2D eigenvalue weighted by Crippen LogP contribution is 2.10. The van der Waals surface area contributed by atoms with Crippen LogP contribution in [0, 0.1) is 5.82 Å². The Labute approximate surface area is 88.7 Å². The first-order valence-corrected chi connectivity index (χ1v) is 4.82. The molecule has 0 radical (unpaired) electrons. The highest BCUT2D eigenvalue weighted by molar-refractivity contribution is 6.02. The lowest BCUT2D eigenvalue weighted by Crippen LogP contribution is -1.97. The SMILES string of the molecule is CCC(=NO)C(C)=Cc1ccc(F)cc1. The van der Waals surface area contributed by atoms with Gasteiger partial charge in [-0.1, -0.05) is 30.3 Å². The molecule has 2 nitrogen and oxygen atoms in total. The molecule has 0 bridgehead atoms. The monoisotopic (exact) mass is 207 g/mol. The second-order valence-corrected chi connectivity index (χ2v) is 3.28. The molecule has 1 aromatic rings. The molecule has 1 N–H and O–H groups in total. The molecular weight excluding hydrogens is 193 g/mol. The second-order valence-electron chi connectivity index (χ2n) is 3.28. The minimum atomic E-state index is -0.253. The highest BCUT2D eigenvalue weighted by atomic mass is 19.1. The maximum atomic E-state index is 12.6. The lowest BCUT2D eigenvalue weighted by Gasteiger charge is -2.01. The van der Waals surface area contributed by atoms with Crippen LogP contribution in [-0.2, 0) is 0 Å². The smallest absolute Gasteiger partial charge is 0.123 e. The van der Waals surface area contributed by atoms with Gasteiger partial charge in [-0.3, -0.25) is 0 Å². The molecule has 3 heteroatoms. The van der Waals surface area contributed by atoms with Crippen LogP contribution in [0.2, 0.25) is 0 Å². The topological polar surface area (TPSA) is 32.6 Å². The predicted octanol–water partition coefficient (Wildman–Crippen LogP) is 3.47. The molecule has 0 spiro atoms. The quantitative estimate of drug-likeness (QED) is 0.459. The molecule has 80 valence electrons. The van der Waals surface area contributed by atoms with E-state index in [0.717, 1.165) is 11.1 Å². The summed E-state index contributed by atoms with van der Waals surface area (Å²) >= 11 is 0. The van der Waals surface area contributed by atoms with Gasteiger partial charge in [0.2, 0.25) is 0 Å². The number of oxime groups is 1. The minimum Gasteiger partial charge on any atom is -0.411 e. The summed E-state index contributed by atoms with van der Waals surface area (Å²) in [4.78, 5) is 0. The predicted molar refractivity (Wildman–Crippen MR) is 59.6 cm³/mol. The number of allylic oxidation sites excluding steroid dienone is 1. The molecule has 0 amide bonds. The summed E-state index contributed by atoms with van der Waals surface area (Å²) in [6, 6.07) is 6.18. The standard InChI is InChI=1S/C12H14FNO/c1-3-12(14-15)9(2)8-10-4-6-11(13)7-5-10/h4-8,15H,3H2,1-2H3. The molecule has 1 rings (SSSR count). The van der Waals surface area contributed by atoms with E-state index < -0.39 is 0 Å². The van der Waals surface area contributed by atoms with Crippen molar-refractivity contribution in [2.75, 3.05) is 0 Å². The van der Waals surface area contributed by atoms with E-state index in [1.165, 1.54) is 12.1 Å². The highest BCUT2D eigenvalue weighted by Gasteiger charge is 1.99. The molecule has 0 aliphatic rings. The van der Waals surface area contributed by atoms with Crippen LogP contribution >= 0.6 is 0 Å². The third-order valence-electron chi connectivity index (χ3n) is 2.16.